The predicted octanol–water partition coefficient (Wildman–Crippen LogP) is 2.01. The van der Waals surface area contributed by atoms with Crippen molar-refractivity contribution < 1.29 is 29.4 Å². The molecule has 25 heavy (non-hydrogen) atoms. The number of hydrogen-bond acceptors (Lipinski definition) is 4. The summed E-state index contributed by atoms with van der Waals surface area (Å²) >= 11 is 0. The molecule has 0 spiro atoms. The molecule has 1 unspecified atom stereocenters. The van der Waals surface area contributed by atoms with Gasteiger partial charge in [-0.15, -0.1) is 0 Å². The Labute approximate surface area is 147 Å². The maximum Gasteiger partial charge on any atom is 0.326 e. The Kier molecular flexibility index (Phi) is 8.31. The number of aliphatic carboxylic acids is 2. The van der Waals surface area contributed by atoms with Crippen molar-refractivity contribution in [2.24, 2.45) is 17.8 Å². The smallest absolute Gasteiger partial charge is 0.326 e. The number of carboxylic acids is 2. The molecule has 0 heterocycles. The van der Waals surface area contributed by atoms with Crippen molar-refractivity contribution in [2.45, 2.75) is 58.4 Å². The Balaban J connectivity index is 2.61. The van der Waals surface area contributed by atoms with Gasteiger partial charge in [0.2, 0.25) is 5.91 Å². The Morgan fingerprint density at radius 1 is 1.28 bits per heavy atom. The molecule has 7 nitrogen and oxygen atoms in total. The molecular formula is C18H27NO6. The lowest BCUT2D eigenvalue weighted by atomic mass is 9.89. The minimum absolute atomic E-state index is 0.0782. The maximum atomic E-state index is 12.2. The summed E-state index contributed by atoms with van der Waals surface area (Å²) < 4.78 is 0. The lowest BCUT2D eigenvalue weighted by Gasteiger charge is -2.22. The molecule has 3 N–H and O–H groups in total. The summed E-state index contributed by atoms with van der Waals surface area (Å²) in [6.45, 7) is 3.64. The molecule has 1 aliphatic rings. The first-order valence-corrected chi connectivity index (χ1v) is 8.67. The number of carbonyl (C=O) groups excluding carboxylic acids is 2. The molecule has 1 saturated carbocycles. The second-order valence-electron chi connectivity index (χ2n) is 6.65. The van der Waals surface area contributed by atoms with Crippen LogP contribution in [-0.4, -0.2) is 39.9 Å². The van der Waals surface area contributed by atoms with E-state index >= 15 is 0 Å². The number of carboxylic acid groups (broad SMARTS) is 2. The van der Waals surface area contributed by atoms with Gasteiger partial charge in [-0.1, -0.05) is 32.4 Å². The molecule has 1 aliphatic carbocycles. The molecule has 0 bridgehead atoms. The van der Waals surface area contributed by atoms with Crippen LogP contribution in [0.15, 0.2) is 12.2 Å². The Morgan fingerprint density at radius 2 is 1.96 bits per heavy atom. The Morgan fingerprint density at radius 3 is 2.52 bits per heavy atom. The SMILES string of the molecule is CC[C@H](C)C(NC(=O)C[C@H]1CCC(=O)[C@H]1C/C=C\CC(=O)O)C(=O)O. The highest BCUT2D eigenvalue weighted by Crippen LogP contribution is 2.34. The topological polar surface area (TPSA) is 121 Å². The van der Waals surface area contributed by atoms with Crippen molar-refractivity contribution in [3.8, 4) is 0 Å². The molecule has 140 valence electrons. The van der Waals surface area contributed by atoms with Gasteiger partial charge in [0, 0.05) is 18.8 Å². The number of rotatable bonds is 10. The standard InChI is InChI=1S/C18H27NO6/c1-3-11(2)17(18(24)25)19-15(21)10-12-8-9-14(20)13(12)6-4-5-7-16(22)23/h4-5,11-13,17H,3,6-10H2,1-2H3,(H,19,21)(H,22,23)(H,24,25)/b5-4-/t11-,12+,13-,17?/m0/s1. The highest BCUT2D eigenvalue weighted by atomic mass is 16.4. The van der Waals surface area contributed by atoms with Crippen LogP contribution in [0.3, 0.4) is 0 Å². The molecule has 0 aromatic heterocycles. The first kappa shape index (κ1) is 20.9. The summed E-state index contributed by atoms with van der Waals surface area (Å²) in [6, 6.07) is -0.927. The van der Waals surface area contributed by atoms with Gasteiger partial charge in [0.25, 0.3) is 0 Å². The Hall–Kier alpha value is -2.18. The van der Waals surface area contributed by atoms with E-state index in [9.17, 15) is 24.3 Å². The molecular weight excluding hydrogens is 326 g/mol. The van der Waals surface area contributed by atoms with Crippen LogP contribution in [0.25, 0.3) is 0 Å². The van der Waals surface area contributed by atoms with Crippen LogP contribution in [0, 0.1) is 17.8 Å². The van der Waals surface area contributed by atoms with E-state index < -0.39 is 18.0 Å². The summed E-state index contributed by atoms with van der Waals surface area (Å²) in [5.74, 6) is -2.88. The fourth-order valence-corrected chi connectivity index (χ4v) is 3.13. The molecule has 7 heteroatoms. The van der Waals surface area contributed by atoms with Gasteiger partial charge in [0.1, 0.15) is 11.8 Å². The summed E-state index contributed by atoms with van der Waals surface area (Å²) in [5, 5.41) is 20.4. The van der Waals surface area contributed by atoms with Gasteiger partial charge in [-0.25, -0.2) is 4.79 Å². The quantitative estimate of drug-likeness (QED) is 0.517. The van der Waals surface area contributed by atoms with Crippen LogP contribution in [0.4, 0.5) is 0 Å². The van der Waals surface area contributed by atoms with E-state index in [0.717, 1.165) is 0 Å². The van der Waals surface area contributed by atoms with E-state index in [-0.39, 0.29) is 42.3 Å². The second-order valence-corrected chi connectivity index (χ2v) is 6.65. The van der Waals surface area contributed by atoms with Crippen LogP contribution in [0.5, 0.6) is 0 Å². The van der Waals surface area contributed by atoms with E-state index in [1.807, 2.05) is 6.92 Å². The van der Waals surface area contributed by atoms with Gasteiger partial charge in [-0.3, -0.25) is 14.4 Å². The lowest BCUT2D eigenvalue weighted by Crippen LogP contribution is -2.45. The molecule has 0 aromatic carbocycles. The van der Waals surface area contributed by atoms with Crippen LogP contribution in [-0.2, 0) is 19.2 Å². The maximum absolute atomic E-state index is 12.2. The van der Waals surface area contributed by atoms with E-state index in [1.165, 1.54) is 6.08 Å². The van der Waals surface area contributed by atoms with Crippen molar-refractivity contribution in [1.29, 1.82) is 0 Å². The molecule has 1 rings (SSSR count). The average molecular weight is 353 g/mol. The van der Waals surface area contributed by atoms with Crippen LogP contribution < -0.4 is 5.32 Å². The number of nitrogens with one attached hydrogen (secondary N) is 1. The molecule has 4 atom stereocenters. The van der Waals surface area contributed by atoms with E-state index in [1.54, 1.807) is 13.0 Å². The molecule has 0 aromatic rings. The van der Waals surface area contributed by atoms with E-state index in [4.69, 9.17) is 5.11 Å². The zero-order valence-electron chi connectivity index (χ0n) is 14.7. The largest absolute Gasteiger partial charge is 0.481 e. The van der Waals surface area contributed by atoms with Crippen LogP contribution in [0.2, 0.25) is 0 Å². The summed E-state index contributed by atoms with van der Waals surface area (Å²) in [4.78, 5) is 46.0. The lowest BCUT2D eigenvalue weighted by molar-refractivity contribution is -0.143. The van der Waals surface area contributed by atoms with Gasteiger partial charge in [-0.05, 0) is 24.7 Å². The van der Waals surface area contributed by atoms with Crippen molar-refractivity contribution in [3.05, 3.63) is 12.2 Å². The summed E-state index contributed by atoms with van der Waals surface area (Å²) in [5.41, 5.74) is 0. The van der Waals surface area contributed by atoms with Crippen molar-refractivity contribution in [2.75, 3.05) is 0 Å². The van der Waals surface area contributed by atoms with Crippen LogP contribution >= 0.6 is 0 Å². The molecule has 0 aliphatic heterocycles. The van der Waals surface area contributed by atoms with E-state index in [0.29, 0.717) is 25.7 Å². The zero-order valence-corrected chi connectivity index (χ0v) is 14.7. The average Bonchev–Trinajstić information content (AvgIpc) is 2.88. The van der Waals surface area contributed by atoms with Gasteiger partial charge < -0.3 is 15.5 Å². The first-order valence-electron chi connectivity index (χ1n) is 8.67. The van der Waals surface area contributed by atoms with Gasteiger partial charge in [-0.2, -0.15) is 0 Å². The highest BCUT2D eigenvalue weighted by Gasteiger charge is 2.35. The number of amides is 1. The Bertz CT molecular complexity index is 542. The third kappa shape index (κ3) is 6.68. The highest BCUT2D eigenvalue weighted by molar-refractivity contribution is 5.87. The number of carbonyl (C=O) groups is 4. The summed E-state index contributed by atoms with van der Waals surface area (Å²) in [7, 11) is 0. The second kappa shape index (κ2) is 9.96. The van der Waals surface area contributed by atoms with Crippen molar-refractivity contribution >= 4 is 23.6 Å². The number of hydrogen-bond donors (Lipinski definition) is 3. The number of ketones is 1. The molecule has 1 fully saturated rings. The van der Waals surface area contributed by atoms with Crippen molar-refractivity contribution in [1.82, 2.24) is 5.32 Å². The zero-order chi connectivity index (χ0) is 19.0. The third-order valence-electron chi connectivity index (χ3n) is 4.84. The minimum Gasteiger partial charge on any atom is -0.481 e. The van der Waals surface area contributed by atoms with Crippen LogP contribution in [0.1, 0.15) is 52.4 Å². The van der Waals surface area contributed by atoms with Gasteiger partial charge in [0.15, 0.2) is 0 Å². The fourth-order valence-electron chi connectivity index (χ4n) is 3.13. The van der Waals surface area contributed by atoms with Gasteiger partial charge >= 0.3 is 11.9 Å². The minimum atomic E-state index is -1.06. The third-order valence-corrected chi connectivity index (χ3v) is 4.84. The molecule has 0 radical (unpaired) electrons. The van der Waals surface area contributed by atoms with Gasteiger partial charge in [0.05, 0.1) is 6.42 Å². The molecule has 1 amide bonds. The normalized spacial score (nSPS) is 22.7. The monoisotopic (exact) mass is 353 g/mol. The van der Waals surface area contributed by atoms with Crippen molar-refractivity contribution in [3.63, 3.8) is 0 Å². The predicted molar refractivity (Wildman–Crippen MR) is 90.9 cm³/mol. The number of allylic oxidation sites excluding steroid dienone is 1. The number of Topliss-reactive ketones (excluding diaryl/α,β-unsaturated/α-hetero) is 1. The van der Waals surface area contributed by atoms with E-state index in [2.05, 4.69) is 5.32 Å². The molecule has 0 saturated heterocycles. The first-order chi connectivity index (χ1) is 11.8. The fraction of sp³-hybridized carbons (Fsp3) is 0.667. The summed E-state index contributed by atoms with van der Waals surface area (Å²) in [6.07, 6.45) is 5.26.